The fourth-order valence-electron chi connectivity index (χ4n) is 2.93. The Balaban J connectivity index is 2.88. The van der Waals surface area contributed by atoms with E-state index in [9.17, 15) is 26.3 Å². The Bertz CT molecular complexity index is 499. The summed E-state index contributed by atoms with van der Waals surface area (Å²) < 4.78 is 86.4. The Morgan fingerprint density at radius 1 is 0.679 bits per heavy atom. The van der Waals surface area contributed by atoms with E-state index in [1.807, 2.05) is 0 Å². The van der Waals surface area contributed by atoms with Crippen LogP contribution in [0, 0.1) is 0 Å². The van der Waals surface area contributed by atoms with Crippen molar-refractivity contribution in [2.45, 2.75) is 51.1 Å². The minimum Gasteiger partial charge on any atom is -0.385 e. The Hall–Kier alpha value is -0.846. The molecule has 1 aromatic carbocycles. The van der Waals surface area contributed by atoms with Crippen molar-refractivity contribution in [3.8, 4) is 0 Å². The van der Waals surface area contributed by atoms with E-state index in [1.54, 1.807) is 38.1 Å². The third kappa shape index (κ3) is 10.6. The fourth-order valence-corrected chi connectivity index (χ4v) is 8.18. The van der Waals surface area contributed by atoms with Crippen LogP contribution in [0.1, 0.15) is 26.7 Å². The van der Waals surface area contributed by atoms with Gasteiger partial charge in [0.1, 0.15) is 17.6 Å². The van der Waals surface area contributed by atoms with Crippen LogP contribution in [0.25, 0.3) is 0 Å². The maximum atomic E-state index is 12.6. The second-order valence-electron chi connectivity index (χ2n) is 6.69. The molecule has 0 saturated carbocycles. The lowest BCUT2D eigenvalue weighted by Gasteiger charge is -2.20. The minimum absolute atomic E-state index is 0.0523. The Morgan fingerprint density at radius 3 is 1.25 bits per heavy atom. The maximum absolute atomic E-state index is 12.6. The highest BCUT2D eigenvalue weighted by Gasteiger charge is 2.31. The smallest absolute Gasteiger partial charge is 0.385 e. The van der Waals surface area contributed by atoms with Crippen molar-refractivity contribution in [1.82, 2.24) is 0 Å². The molecule has 2 nitrogen and oxygen atoms in total. The topological polar surface area (TPSA) is 18.5 Å². The largest absolute Gasteiger partial charge is 0.388 e. The van der Waals surface area contributed by atoms with Gasteiger partial charge in [0, 0.05) is 38.5 Å². The zero-order valence-corrected chi connectivity index (χ0v) is 18.5. The fraction of sp³-hybridized carbons (Fsp3) is 0.667. The second kappa shape index (κ2) is 12.0. The highest BCUT2D eigenvalue weighted by atomic mass is 28.3. The molecule has 0 heterocycles. The van der Waals surface area contributed by atoms with Gasteiger partial charge in [-0.25, -0.2) is 0 Å². The molecule has 0 bridgehead atoms. The van der Waals surface area contributed by atoms with Crippen LogP contribution < -0.4 is 10.4 Å². The van der Waals surface area contributed by atoms with E-state index in [-0.39, 0.29) is 12.1 Å². The Kier molecular flexibility index (Phi) is 10.8. The molecular weight excluding hydrogens is 418 g/mol. The highest BCUT2D eigenvalue weighted by molar-refractivity contribution is 6.75. The average molecular weight is 447 g/mol. The van der Waals surface area contributed by atoms with Gasteiger partial charge in [-0.2, -0.15) is 26.3 Å². The normalized spacial score (nSPS) is 14.9. The van der Waals surface area contributed by atoms with Crippen molar-refractivity contribution >= 4 is 28.0 Å². The molecular formula is C18H28F6O2Si2. The second-order valence-corrected chi connectivity index (χ2v) is 12.6. The van der Waals surface area contributed by atoms with Crippen LogP contribution in [0.4, 0.5) is 26.3 Å². The van der Waals surface area contributed by atoms with E-state index >= 15 is 0 Å². The number of alkyl halides is 6. The monoisotopic (exact) mass is 446 g/mol. The number of hydrogen-bond acceptors (Lipinski definition) is 2. The van der Waals surface area contributed by atoms with E-state index in [0.717, 1.165) is 10.4 Å². The van der Waals surface area contributed by atoms with Crippen LogP contribution in [0.3, 0.4) is 0 Å². The van der Waals surface area contributed by atoms with Crippen molar-refractivity contribution in [3.05, 3.63) is 24.3 Å². The van der Waals surface area contributed by atoms with Crippen molar-refractivity contribution < 1.29 is 35.8 Å². The first-order valence-corrected chi connectivity index (χ1v) is 13.9. The molecule has 0 saturated heterocycles. The third-order valence-corrected chi connectivity index (χ3v) is 10.4. The predicted octanol–water partition coefficient (Wildman–Crippen LogP) is 3.61. The summed E-state index contributed by atoms with van der Waals surface area (Å²) in [6.45, 7) is 4.47. The summed E-state index contributed by atoms with van der Waals surface area (Å²) >= 11 is 0. The van der Waals surface area contributed by atoms with Gasteiger partial charge in [-0.05, 0) is 25.9 Å². The summed E-state index contributed by atoms with van der Waals surface area (Å²) in [5, 5.41) is 1.70. The van der Waals surface area contributed by atoms with Gasteiger partial charge in [-0.15, -0.1) is 0 Å². The molecule has 0 N–H and O–H groups in total. The van der Waals surface area contributed by atoms with E-state index in [2.05, 4.69) is 0 Å². The minimum atomic E-state index is -4.20. The number of hydrogen-bond donors (Lipinski definition) is 0. The lowest BCUT2D eigenvalue weighted by molar-refractivity contribution is -0.131. The van der Waals surface area contributed by atoms with E-state index in [4.69, 9.17) is 9.47 Å². The Morgan fingerprint density at radius 2 is 1.00 bits per heavy atom. The summed E-state index contributed by atoms with van der Waals surface area (Å²) in [4.78, 5) is 0. The van der Waals surface area contributed by atoms with Gasteiger partial charge in [0.25, 0.3) is 0 Å². The molecule has 0 aliphatic heterocycles. The molecule has 2 unspecified atom stereocenters. The lowest BCUT2D eigenvalue weighted by atomic mass is 10.4. The standard InChI is InChI=1S/C18H28F6O2Si2/c1-3-25-13-27(11-9-17(19,20)21)15-5-7-16(8-6-15)28(14-26-4-2)12-10-18(22,23)24/h5-8,27-28H,3-4,9-14H2,1-2H3. The Labute approximate surface area is 165 Å². The molecule has 0 fully saturated rings. The van der Waals surface area contributed by atoms with Gasteiger partial charge < -0.3 is 9.47 Å². The summed E-state index contributed by atoms with van der Waals surface area (Å²) in [5.41, 5.74) is 0. The van der Waals surface area contributed by atoms with Crippen LogP contribution in [0.2, 0.25) is 12.1 Å². The molecule has 0 spiro atoms. The van der Waals surface area contributed by atoms with Crippen LogP contribution in [-0.2, 0) is 9.47 Å². The van der Waals surface area contributed by atoms with Gasteiger partial charge in [0.2, 0.25) is 0 Å². The van der Waals surface area contributed by atoms with Crippen molar-refractivity contribution in [2.24, 2.45) is 0 Å². The van der Waals surface area contributed by atoms with Crippen LogP contribution in [-0.4, -0.2) is 55.6 Å². The number of rotatable bonds is 12. The molecule has 28 heavy (non-hydrogen) atoms. The number of halogens is 6. The predicted molar refractivity (Wildman–Crippen MR) is 104 cm³/mol. The van der Waals surface area contributed by atoms with Gasteiger partial charge >= 0.3 is 12.4 Å². The van der Waals surface area contributed by atoms with Crippen molar-refractivity contribution in [1.29, 1.82) is 0 Å². The molecule has 162 valence electrons. The maximum Gasteiger partial charge on any atom is 0.388 e. The number of ether oxygens (including phenoxy) is 2. The molecule has 0 amide bonds. The molecule has 0 radical (unpaired) electrons. The van der Waals surface area contributed by atoms with Gasteiger partial charge in [-0.3, -0.25) is 0 Å². The SMILES string of the molecule is CCOC[SiH](CCC(F)(F)F)c1ccc([SiH](CCC(F)(F)F)COCC)cc1. The van der Waals surface area contributed by atoms with Crippen LogP contribution >= 0.6 is 0 Å². The van der Waals surface area contributed by atoms with E-state index in [1.165, 1.54) is 0 Å². The van der Waals surface area contributed by atoms with Crippen LogP contribution in [0.5, 0.6) is 0 Å². The summed E-state index contributed by atoms with van der Waals surface area (Å²) in [5.74, 6) is 0. The van der Waals surface area contributed by atoms with Gasteiger partial charge in [-0.1, -0.05) is 34.6 Å². The molecule has 2 atom stereocenters. The first-order valence-electron chi connectivity index (χ1n) is 9.44. The summed E-state index contributed by atoms with van der Waals surface area (Å²) in [6, 6.07) is 7.22. The van der Waals surface area contributed by atoms with E-state index < -0.39 is 42.8 Å². The average Bonchev–Trinajstić information content (AvgIpc) is 2.60. The zero-order chi connectivity index (χ0) is 21.2. The molecule has 1 rings (SSSR count). The van der Waals surface area contributed by atoms with Crippen LogP contribution in [0.15, 0.2) is 24.3 Å². The molecule has 0 aliphatic carbocycles. The molecule has 0 aliphatic rings. The molecule has 0 aromatic heterocycles. The summed E-state index contributed by atoms with van der Waals surface area (Å²) in [7, 11) is -3.93. The molecule has 10 heteroatoms. The number of benzene rings is 1. The zero-order valence-electron chi connectivity index (χ0n) is 16.2. The first-order chi connectivity index (χ1) is 13.1. The quantitative estimate of drug-likeness (QED) is 0.361. The lowest BCUT2D eigenvalue weighted by Crippen LogP contribution is -2.40. The van der Waals surface area contributed by atoms with Gasteiger partial charge in [0.05, 0.1) is 0 Å². The van der Waals surface area contributed by atoms with E-state index in [0.29, 0.717) is 25.7 Å². The molecule has 1 aromatic rings. The first kappa shape index (κ1) is 25.2. The van der Waals surface area contributed by atoms with Crippen molar-refractivity contribution in [3.63, 3.8) is 0 Å². The van der Waals surface area contributed by atoms with Crippen molar-refractivity contribution in [2.75, 3.05) is 25.7 Å². The highest BCUT2D eigenvalue weighted by Crippen LogP contribution is 2.23. The third-order valence-electron chi connectivity index (χ3n) is 4.48. The van der Waals surface area contributed by atoms with Gasteiger partial charge in [0.15, 0.2) is 0 Å². The summed E-state index contributed by atoms with van der Waals surface area (Å²) in [6.07, 6.45) is -9.45.